The molecule has 1 unspecified atom stereocenters. The molecule has 5 nitrogen and oxygen atoms in total. The fraction of sp³-hybridized carbons (Fsp3) is 0.278. The maximum Gasteiger partial charge on any atom is 0.143 e. The molecule has 1 aliphatic rings. The molecule has 116 valence electrons. The number of hydrogen-bond donors (Lipinski definition) is 1. The summed E-state index contributed by atoms with van der Waals surface area (Å²) in [7, 11) is 0. The zero-order valence-corrected chi connectivity index (χ0v) is 13.1. The zero-order chi connectivity index (χ0) is 15.6. The van der Waals surface area contributed by atoms with Crippen LogP contribution in [-0.2, 0) is 6.42 Å². The molecule has 2 heterocycles. The second kappa shape index (κ2) is 5.83. The van der Waals surface area contributed by atoms with Gasteiger partial charge in [-0.15, -0.1) is 0 Å². The molecular weight excluding hydrogens is 286 g/mol. The lowest BCUT2D eigenvalue weighted by Crippen LogP contribution is -2.18. The monoisotopic (exact) mass is 305 g/mol. The second-order valence-electron chi connectivity index (χ2n) is 5.89. The minimum absolute atomic E-state index is 0.312. The SMILES string of the molecule is Cc1nccn1-c1cc(NC2CCCc3ccccc32)ncn1. The minimum atomic E-state index is 0.312. The lowest BCUT2D eigenvalue weighted by molar-refractivity contribution is 0.598. The average molecular weight is 305 g/mol. The molecule has 0 saturated heterocycles. The number of anilines is 1. The number of imidazole rings is 1. The topological polar surface area (TPSA) is 55.6 Å². The van der Waals surface area contributed by atoms with Crippen molar-refractivity contribution in [3.05, 3.63) is 66.0 Å². The first-order valence-corrected chi connectivity index (χ1v) is 7.98. The first-order valence-electron chi connectivity index (χ1n) is 7.98. The van der Waals surface area contributed by atoms with Crippen LogP contribution in [0.1, 0.15) is 35.8 Å². The molecule has 0 fully saturated rings. The van der Waals surface area contributed by atoms with Gasteiger partial charge in [-0.1, -0.05) is 24.3 Å². The van der Waals surface area contributed by atoms with Gasteiger partial charge in [0, 0.05) is 18.5 Å². The second-order valence-corrected chi connectivity index (χ2v) is 5.89. The third kappa shape index (κ3) is 2.70. The van der Waals surface area contributed by atoms with Gasteiger partial charge < -0.3 is 5.32 Å². The minimum Gasteiger partial charge on any atom is -0.363 e. The van der Waals surface area contributed by atoms with Crippen LogP contribution in [0.4, 0.5) is 5.82 Å². The highest BCUT2D eigenvalue weighted by atomic mass is 15.1. The average Bonchev–Trinajstić information content (AvgIpc) is 3.02. The Balaban J connectivity index is 1.62. The van der Waals surface area contributed by atoms with E-state index in [4.69, 9.17) is 0 Å². The van der Waals surface area contributed by atoms with Gasteiger partial charge in [0.25, 0.3) is 0 Å². The number of hydrogen-bond acceptors (Lipinski definition) is 4. The van der Waals surface area contributed by atoms with Gasteiger partial charge in [0.1, 0.15) is 23.8 Å². The van der Waals surface area contributed by atoms with Crippen molar-refractivity contribution in [2.45, 2.75) is 32.2 Å². The van der Waals surface area contributed by atoms with E-state index >= 15 is 0 Å². The highest BCUT2D eigenvalue weighted by Gasteiger charge is 2.20. The van der Waals surface area contributed by atoms with Gasteiger partial charge in [0.05, 0.1) is 6.04 Å². The van der Waals surface area contributed by atoms with Crippen LogP contribution in [0.15, 0.2) is 49.1 Å². The molecule has 1 N–H and O–H groups in total. The van der Waals surface area contributed by atoms with E-state index in [1.807, 2.05) is 23.8 Å². The molecule has 3 aromatic rings. The number of benzene rings is 1. The first-order chi connectivity index (χ1) is 11.3. The first kappa shape index (κ1) is 13.9. The number of aryl methyl sites for hydroxylation is 2. The highest BCUT2D eigenvalue weighted by molar-refractivity contribution is 5.45. The summed E-state index contributed by atoms with van der Waals surface area (Å²) in [5, 5.41) is 3.57. The van der Waals surface area contributed by atoms with Crippen LogP contribution in [0.25, 0.3) is 5.82 Å². The predicted octanol–water partition coefficient (Wildman–Crippen LogP) is 3.46. The molecule has 0 bridgehead atoms. The molecule has 0 amide bonds. The van der Waals surface area contributed by atoms with Crippen LogP contribution >= 0.6 is 0 Å². The van der Waals surface area contributed by atoms with Crippen LogP contribution in [0.5, 0.6) is 0 Å². The lowest BCUT2D eigenvalue weighted by Gasteiger charge is -2.26. The maximum absolute atomic E-state index is 4.39. The van der Waals surface area contributed by atoms with Crippen LogP contribution in [-0.4, -0.2) is 19.5 Å². The molecule has 0 spiro atoms. The van der Waals surface area contributed by atoms with Crippen LogP contribution < -0.4 is 5.32 Å². The normalized spacial score (nSPS) is 16.8. The van der Waals surface area contributed by atoms with Crippen molar-refractivity contribution in [2.24, 2.45) is 0 Å². The van der Waals surface area contributed by atoms with E-state index in [0.29, 0.717) is 6.04 Å². The predicted molar refractivity (Wildman–Crippen MR) is 89.6 cm³/mol. The largest absolute Gasteiger partial charge is 0.363 e. The number of fused-ring (bicyclic) bond motifs is 1. The fourth-order valence-electron chi connectivity index (χ4n) is 3.26. The molecule has 2 aromatic heterocycles. The summed E-state index contributed by atoms with van der Waals surface area (Å²) in [5.41, 5.74) is 2.83. The van der Waals surface area contributed by atoms with Crippen LogP contribution in [0.3, 0.4) is 0 Å². The Morgan fingerprint density at radius 2 is 2.09 bits per heavy atom. The molecule has 23 heavy (non-hydrogen) atoms. The van der Waals surface area contributed by atoms with Gasteiger partial charge in [-0.05, 0) is 37.3 Å². The van der Waals surface area contributed by atoms with Crippen molar-refractivity contribution >= 4 is 5.82 Å². The Bertz CT molecular complexity index is 824. The Hall–Kier alpha value is -2.69. The molecule has 1 atom stereocenters. The lowest BCUT2D eigenvalue weighted by atomic mass is 9.88. The van der Waals surface area contributed by atoms with E-state index in [1.165, 1.54) is 17.5 Å². The van der Waals surface area contributed by atoms with Gasteiger partial charge in [-0.3, -0.25) is 4.57 Å². The van der Waals surface area contributed by atoms with Crippen molar-refractivity contribution in [2.75, 3.05) is 5.32 Å². The number of aromatic nitrogens is 4. The van der Waals surface area contributed by atoms with Crippen molar-refractivity contribution in [3.8, 4) is 5.82 Å². The van der Waals surface area contributed by atoms with Crippen molar-refractivity contribution in [1.82, 2.24) is 19.5 Å². The molecule has 1 aromatic carbocycles. The summed E-state index contributed by atoms with van der Waals surface area (Å²) in [6, 6.07) is 11.0. The van der Waals surface area contributed by atoms with E-state index in [1.54, 1.807) is 12.5 Å². The van der Waals surface area contributed by atoms with Crippen LogP contribution in [0.2, 0.25) is 0 Å². The summed E-state index contributed by atoms with van der Waals surface area (Å²) in [6.45, 7) is 1.96. The Morgan fingerprint density at radius 1 is 1.17 bits per heavy atom. The third-order valence-electron chi connectivity index (χ3n) is 4.42. The molecule has 0 saturated carbocycles. The summed E-state index contributed by atoms with van der Waals surface area (Å²) in [5.74, 6) is 2.60. The van der Waals surface area contributed by atoms with Gasteiger partial charge in [-0.25, -0.2) is 15.0 Å². The summed E-state index contributed by atoms with van der Waals surface area (Å²) >= 11 is 0. The van der Waals surface area contributed by atoms with Crippen molar-refractivity contribution in [3.63, 3.8) is 0 Å². The van der Waals surface area contributed by atoms with Crippen molar-refractivity contribution < 1.29 is 0 Å². The van der Waals surface area contributed by atoms with E-state index in [9.17, 15) is 0 Å². The molecule has 1 aliphatic carbocycles. The maximum atomic E-state index is 4.39. The molecule has 4 rings (SSSR count). The van der Waals surface area contributed by atoms with E-state index in [2.05, 4.69) is 44.5 Å². The number of rotatable bonds is 3. The van der Waals surface area contributed by atoms with Crippen molar-refractivity contribution in [1.29, 1.82) is 0 Å². The van der Waals surface area contributed by atoms with E-state index in [-0.39, 0.29) is 0 Å². The standard InChI is InChI=1S/C18H19N5/c1-13-19-9-10-23(13)18-11-17(20-12-21-18)22-16-8-4-6-14-5-2-3-7-15(14)16/h2-3,5,7,9-12,16H,4,6,8H2,1H3,(H,20,21,22). The van der Waals surface area contributed by atoms with Gasteiger partial charge in [0.15, 0.2) is 0 Å². The number of nitrogens with one attached hydrogen (secondary N) is 1. The fourth-order valence-corrected chi connectivity index (χ4v) is 3.26. The summed E-state index contributed by atoms with van der Waals surface area (Å²) < 4.78 is 1.96. The summed E-state index contributed by atoms with van der Waals surface area (Å²) in [6.07, 6.45) is 8.79. The third-order valence-corrected chi connectivity index (χ3v) is 4.42. The van der Waals surface area contributed by atoms with Gasteiger partial charge in [-0.2, -0.15) is 0 Å². The smallest absolute Gasteiger partial charge is 0.143 e. The van der Waals surface area contributed by atoms with Crippen LogP contribution in [0, 0.1) is 6.92 Å². The zero-order valence-electron chi connectivity index (χ0n) is 13.1. The molecule has 0 aliphatic heterocycles. The van der Waals surface area contributed by atoms with Gasteiger partial charge in [0.2, 0.25) is 0 Å². The van der Waals surface area contributed by atoms with E-state index in [0.717, 1.165) is 30.3 Å². The van der Waals surface area contributed by atoms with E-state index < -0.39 is 0 Å². The highest BCUT2D eigenvalue weighted by Crippen LogP contribution is 2.32. The quantitative estimate of drug-likeness (QED) is 0.805. The Morgan fingerprint density at radius 3 is 2.96 bits per heavy atom. The Kier molecular flexibility index (Phi) is 3.54. The number of nitrogens with zero attached hydrogens (tertiary/aromatic N) is 4. The Labute approximate surface area is 135 Å². The summed E-state index contributed by atoms with van der Waals surface area (Å²) in [4.78, 5) is 13.0. The molecular formula is C18H19N5. The van der Waals surface area contributed by atoms with Gasteiger partial charge >= 0.3 is 0 Å². The molecule has 5 heteroatoms. The molecule has 0 radical (unpaired) electrons.